The number of rotatable bonds is 3. The van der Waals surface area contributed by atoms with Crippen LogP contribution in [0.2, 0.25) is 10.0 Å². The quantitative estimate of drug-likeness (QED) is 0.650. The minimum Gasteiger partial charge on any atom is -0.337 e. The topological polar surface area (TPSA) is 20.3 Å². The van der Waals surface area contributed by atoms with Gasteiger partial charge in [0, 0.05) is 17.2 Å². The van der Waals surface area contributed by atoms with Gasteiger partial charge < -0.3 is 4.90 Å². The van der Waals surface area contributed by atoms with E-state index in [0.717, 1.165) is 9.13 Å². The lowest BCUT2D eigenvalue weighted by Gasteiger charge is -2.18. The summed E-state index contributed by atoms with van der Waals surface area (Å²) in [5.74, 6) is -0.0129. The number of carbonyl (C=O) groups excluding carboxylic acids is 1. The van der Waals surface area contributed by atoms with Gasteiger partial charge in [-0.25, -0.2) is 0 Å². The van der Waals surface area contributed by atoms with Gasteiger partial charge in [0.15, 0.2) is 0 Å². The number of amides is 1. The van der Waals surface area contributed by atoms with Crippen molar-refractivity contribution in [2.75, 3.05) is 7.05 Å². The number of nitrogens with zero attached hydrogens (tertiary/aromatic N) is 1. The van der Waals surface area contributed by atoms with Crippen molar-refractivity contribution in [1.82, 2.24) is 4.90 Å². The normalized spacial score (nSPS) is 10.4. The number of hydrogen-bond acceptors (Lipinski definition) is 1. The second-order valence-corrected chi connectivity index (χ2v) is 6.37. The Morgan fingerprint density at radius 3 is 2.50 bits per heavy atom. The molecule has 2 nitrogen and oxygen atoms in total. The maximum atomic E-state index is 12.4. The molecule has 0 heterocycles. The Kier molecular flexibility index (Phi) is 5.29. The van der Waals surface area contributed by atoms with E-state index in [2.05, 4.69) is 22.6 Å². The Hall–Kier alpha value is -0.780. The molecule has 0 fully saturated rings. The SMILES string of the molecule is CN(Cc1ccc(Cl)c(Cl)c1)C(=O)c1ccccc1I. The second kappa shape index (κ2) is 6.78. The van der Waals surface area contributed by atoms with Gasteiger partial charge in [-0.15, -0.1) is 0 Å². The fourth-order valence-electron chi connectivity index (χ4n) is 1.82. The molecule has 2 aromatic rings. The van der Waals surface area contributed by atoms with Gasteiger partial charge in [0.1, 0.15) is 0 Å². The van der Waals surface area contributed by atoms with Crippen LogP contribution < -0.4 is 0 Å². The first-order valence-electron chi connectivity index (χ1n) is 5.93. The molecule has 0 N–H and O–H groups in total. The summed E-state index contributed by atoms with van der Waals surface area (Å²) < 4.78 is 0.941. The summed E-state index contributed by atoms with van der Waals surface area (Å²) in [6.07, 6.45) is 0. The largest absolute Gasteiger partial charge is 0.337 e. The van der Waals surface area contributed by atoms with Gasteiger partial charge in [-0.05, 0) is 52.4 Å². The molecule has 2 aromatic carbocycles. The number of carbonyl (C=O) groups is 1. The Morgan fingerprint density at radius 2 is 1.85 bits per heavy atom. The van der Waals surface area contributed by atoms with Crippen molar-refractivity contribution in [3.05, 3.63) is 67.2 Å². The molecule has 0 aliphatic heterocycles. The van der Waals surface area contributed by atoms with Crippen LogP contribution in [-0.4, -0.2) is 17.9 Å². The van der Waals surface area contributed by atoms with Gasteiger partial charge in [0.05, 0.1) is 15.6 Å². The predicted molar refractivity (Wildman–Crippen MR) is 91.4 cm³/mol. The molecule has 0 aromatic heterocycles. The fourth-order valence-corrected chi connectivity index (χ4v) is 2.76. The van der Waals surface area contributed by atoms with Crippen LogP contribution >= 0.6 is 45.8 Å². The molecular weight excluding hydrogens is 408 g/mol. The zero-order valence-electron chi connectivity index (χ0n) is 10.7. The molecule has 0 saturated carbocycles. The van der Waals surface area contributed by atoms with E-state index in [0.29, 0.717) is 22.2 Å². The summed E-state index contributed by atoms with van der Waals surface area (Å²) in [5.41, 5.74) is 1.65. The number of hydrogen-bond donors (Lipinski definition) is 0. The first-order chi connectivity index (χ1) is 9.49. The lowest BCUT2D eigenvalue weighted by molar-refractivity contribution is 0.0784. The van der Waals surface area contributed by atoms with Crippen molar-refractivity contribution >= 4 is 51.7 Å². The molecule has 0 saturated heterocycles. The molecule has 1 amide bonds. The monoisotopic (exact) mass is 419 g/mol. The maximum Gasteiger partial charge on any atom is 0.254 e. The molecule has 0 bridgehead atoms. The average Bonchev–Trinajstić information content (AvgIpc) is 2.42. The number of benzene rings is 2. The maximum absolute atomic E-state index is 12.4. The first kappa shape index (κ1) is 15.6. The third kappa shape index (κ3) is 3.65. The van der Waals surface area contributed by atoms with Gasteiger partial charge in [-0.1, -0.05) is 41.4 Å². The smallest absolute Gasteiger partial charge is 0.254 e. The van der Waals surface area contributed by atoms with E-state index in [1.54, 1.807) is 24.1 Å². The predicted octanol–water partition coefficient (Wildman–Crippen LogP) is 4.87. The van der Waals surface area contributed by atoms with Crippen molar-refractivity contribution in [3.63, 3.8) is 0 Å². The van der Waals surface area contributed by atoms with E-state index >= 15 is 0 Å². The van der Waals surface area contributed by atoms with Crippen LogP contribution in [0.15, 0.2) is 42.5 Å². The van der Waals surface area contributed by atoms with Crippen LogP contribution in [0.3, 0.4) is 0 Å². The van der Waals surface area contributed by atoms with Crippen LogP contribution in [0.5, 0.6) is 0 Å². The molecule has 2 rings (SSSR count). The lowest BCUT2D eigenvalue weighted by atomic mass is 10.1. The van der Waals surface area contributed by atoms with Crippen molar-refractivity contribution < 1.29 is 4.79 Å². The van der Waals surface area contributed by atoms with Gasteiger partial charge >= 0.3 is 0 Å². The molecule has 5 heteroatoms. The third-order valence-electron chi connectivity index (χ3n) is 2.85. The molecule has 20 heavy (non-hydrogen) atoms. The van der Waals surface area contributed by atoms with Crippen LogP contribution in [-0.2, 0) is 6.54 Å². The van der Waals surface area contributed by atoms with Crippen LogP contribution in [0.4, 0.5) is 0 Å². The van der Waals surface area contributed by atoms with Crippen molar-refractivity contribution in [2.24, 2.45) is 0 Å². The first-order valence-corrected chi connectivity index (χ1v) is 7.76. The molecular formula is C15H12Cl2INO. The zero-order valence-corrected chi connectivity index (χ0v) is 14.4. The van der Waals surface area contributed by atoms with Crippen molar-refractivity contribution in [3.8, 4) is 0 Å². The molecule has 0 radical (unpaired) electrons. The van der Waals surface area contributed by atoms with E-state index in [1.807, 2.05) is 30.3 Å². The van der Waals surface area contributed by atoms with Crippen molar-refractivity contribution in [2.45, 2.75) is 6.54 Å². The summed E-state index contributed by atoms with van der Waals surface area (Å²) in [4.78, 5) is 14.0. The highest BCUT2D eigenvalue weighted by atomic mass is 127. The summed E-state index contributed by atoms with van der Waals surface area (Å²) >= 11 is 14.0. The van der Waals surface area contributed by atoms with Crippen molar-refractivity contribution in [1.29, 1.82) is 0 Å². The summed E-state index contributed by atoms with van der Waals surface area (Å²) in [6.45, 7) is 0.487. The van der Waals surface area contributed by atoms with E-state index in [1.165, 1.54) is 0 Å². The van der Waals surface area contributed by atoms with Gasteiger partial charge in [-0.3, -0.25) is 4.79 Å². The summed E-state index contributed by atoms with van der Waals surface area (Å²) in [5, 5.41) is 1.02. The fraction of sp³-hybridized carbons (Fsp3) is 0.133. The van der Waals surface area contributed by atoms with Crippen LogP contribution in [0.25, 0.3) is 0 Å². The van der Waals surface area contributed by atoms with E-state index in [-0.39, 0.29) is 5.91 Å². The second-order valence-electron chi connectivity index (χ2n) is 4.39. The molecule has 0 atom stereocenters. The lowest BCUT2D eigenvalue weighted by Crippen LogP contribution is -2.26. The molecule has 0 unspecified atom stereocenters. The number of halogens is 3. The van der Waals surface area contributed by atoms with E-state index in [4.69, 9.17) is 23.2 Å². The third-order valence-corrected chi connectivity index (χ3v) is 4.53. The van der Waals surface area contributed by atoms with Gasteiger partial charge in [0.25, 0.3) is 5.91 Å². The summed E-state index contributed by atoms with van der Waals surface area (Å²) in [7, 11) is 1.77. The Balaban J connectivity index is 2.15. The standard InChI is InChI=1S/C15H12Cl2INO/c1-19(9-10-6-7-12(16)13(17)8-10)15(20)11-4-2-3-5-14(11)18/h2-8H,9H2,1H3. The Morgan fingerprint density at radius 1 is 1.15 bits per heavy atom. The summed E-state index contributed by atoms with van der Waals surface area (Å²) in [6, 6.07) is 12.9. The van der Waals surface area contributed by atoms with Gasteiger partial charge in [-0.2, -0.15) is 0 Å². The minimum absolute atomic E-state index is 0.0129. The van der Waals surface area contributed by atoms with E-state index in [9.17, 15) is 4.79 Å². The highest BCUT2D eigenvalue weighted by Gasteiger charge is 2.14. The molecule has 104 valence electrons. The van der Waals surface area contributed by atoms with Crippen LogP contribution in [0, 0.1) is 3.57 Å². The highest BCUT2D eigenvalue weighted by Crippen LogP contribution is 2.23. The Bertz CT molecular complexity index is 646. The zero-order chi connectivity index (χ0) is 14.7. The minimum atomic E-state index is -0.0129. The molecule has 0 spiro atoms. The van der Waals surface area contributed by atoms with Gasteiger partial charge in [0.2, 0.25) is 0 Å². The average molecular weight is 420 g/mol. The molecule has 0 aliphatic carbocycles. The van der Waals surface area contributed by atoms with E-state index < -0.39 is 0 Å². The van der Waals surface area contributed by atoms with Crippen LogP contribution in [0.1, 0.15) is 15.9 Å². The Labute approximate surface area is 141 Å². The highest BCUT2D eigenvalue weighted by molar-refractivity contribution is 14.1. The molecule has 0 aliphatic rings.